The average molecular weight is 752 g/mol. The summed E-state index contributed by atoms with van der Waals surface area (Å²) in [6.45, 7) is 4.10. The molecule has 19 heteroatoms. The van der Waals surface area contributed by atoms with Gasteiger partial charge in [0.25, 0.3) is 11.8 Å². The molecule has 3 saturated heterocycles. The fourth-order valence-electron chi connectivity index (χ4n) is 4.92. The highest BCUT2D eigenvalue weighted by atomic mass is 33.1. The van der Waals surface area contributed by atoms with Crippen molar-refractivity contribution >= 4 is 69.0 Å². The van der Waals surface area contributed by atoms with Crippen molar-refractivity contribution < 1.29 is 52.6 Å². The predicted molar refractivity (Wildman–Crippen MR) is 185 cm³/mol. The molecule has 4 N–H and O–H groups in total. The zero-order valence-electron chi connectivity index (χ0n) is 27.7. The second-order valence-electron chi connectivity index (χ2n) is 11.2. The zero-order valence-corrected chi connectivity index (χ0v) is 30.2. The van der Waals surface area contributed by atoms with Gasteiger partial charge in [0.1, 0.15) is 0 Å². The van der Waals surface area contributed by atoms with Crippen molar-refractivity contribution in [3.63, 3.8) is 0 Å². The van der Waals surface area contributed by atoms with Gasteiger partial charge in [-0.05, 0) is 12.8 Å². The lowest BCUT2D eigenvalue weighted by atomic mass is 10.0. The minimum atomic E-state index is -0.627. The Kier molecular flexibility index (Phi) is 20.8. The van der Waals surface area contributed by atoms with Crippen LogP contribution < -0.4 is 21.3 Å². The van der Waals surface area contributed by atoms with Crippen molar-refractivity contribution in [3.05, 3.63) is 0 Å². The van der Waals surface area contributed by atoms with Crippen LogP contribution in [0.25, 0.3) is 0 Å². The fourth-order valence-corrected chi connectivity index (χ4v) is 8.34. The van der Waals surface area contributed by atoms with Crippen LogP contribution in [0.1, 0.15) is 51.4 Å². The summed E-state index contributed by atoms with van der Waals surface area (Å²) < 4.78 is 21.8. The van der Waals surface area contributed by atoms with Crippen molar-refractivity contribution in [2.24, 2.45) is 0 Å². The van der Waals surface area contributed by atoms with Gasteiger partial charge in [-0.15, -0.1) is 5.06 Å². The molecule has 3 heterocycles. The highest BCUT2D eigenvalue weighted by Gasteiger charge is 2.42. The molecule has 0 bridgehead atoms. The molecule has 0 aromatic carbocycles. The van der Waals surface area contributed by atoms with Gasteiger partial charge in [0.15, 0.2) is 0 Å². The molecule has 0 radical (unpaired) electrons. The summed E-state index contributed by atoms with van der Waals surface area (Å²) in [4.78, 5) is 74.8. The van der Waals surface area contributed by atoms with Crippen LogP contribution >= 0.6 is 33.3 Å². The van der Waals surface area contributed by atoms with Crippen molar-refractivity contribution in [2.75, 3.05) is 83.2 Å². The van der Waals surface area contributed by atoms with Gasteiger partial charge in [-0.3, -0.25) is 19.2 Å². The van der Waals surface area contributed by atoms with Crippen LogP contribution in [0.3, 0.4) is 0 Å². The molecule has 3 fully saturated rings. The number of amides is 6. The van der Waals surface area contributed by atoms with Crippen molar-refractivity contribution in [1.29, 1.82) is 0 Å². The first-order valence-electron chi connectivity index (χ1n) is 16.7. The van der Waals surface area contributed by atoms with E-state index < -0.39 is 17.8 Å². The van der Waals surface area contributed by atoms with Gasteiger partial charge in [0, 0.05) is 61.3 Å². The van der Waals surface area contributed by atoms with E-state index in [4.69, 9.17) is 23.8 Å². The Morgan fingerprint density at radius 1 is 0.735 bits per heavy atom. The van der Waals surface area contributed by atoms with Crippen molar-refractivity contribution in [3.8, 4) is 0 Å². The molecular weight excluding hydrogens is 703 g/mol. The monoisotopic (exact) mass is 751 g/mol. The lowest BCUT2D eigenvalue weighted by molar-refractivity contribution is -0.197. The second kappa shape index (κ2) is 24.8. The van der Waals surface area contributed by atoms with Crippen molar-refractivity contribution in [1.82, 2.24) is 26.3 Å². The zero-order chi connectivity index (χ0) is 35.1. The van der Waals surface area contributed by atoms with E-state index in [1.165, 1.54) is 21.6 Å². The van der Waals surface area contributed by atoms with Gasteiger partial charge in [-0.25, -0.2) is 9.59 Å². The lowest BCUT2D eigenvalue weighted by Gasteiger charge is -2.16. The summed E-state index contributed by atoms with van der Waals surface area (Å²) in [7, 11) is 2.94. The highest BCUT2D eigenvalue weighted by Crippen LogP contribution is 2.33. The lowest BCUT2D eigenvalue weighted by Crippen LogP contribution is -2.36. The van der Waals surface area contributed by atoms with Gasteiger partial charge in [-0.1, -0.05) is 28.0 Å². The minimum absolute atomic E-state index is 0.0222. The SMILES string of the molecule is O=C(CCCCC1SC[C@H]2NC(=O)N[C@H]12)NCCOCCOCCOCCOCCC(=O)NCCSSCCC(=O)ON1C(=O)CCC1=O. The van der Waals surface area contributed by atoms with Crippen LogP contribution in [0, 0.1) is 0 Å². The maximum Gasteiger partial charge on any atom is 0.334 e. The van der Waals surface area contributed by atoms with Gasteiger partial charge < -0.3 is 45.1 Å². The molecule has 0 spiro atoms. The first kappa shape index (κ1) is 41.1. The van der Waals surface area contributed by atoms with Crippen LogP contribution in [-0.4, -0.2) is 141 Å². The number of hydrogen-bond acceptors (Lipinski definition) is 14. The third-order valence-electron chi connectivity index (χ3n) is 7.42. The molecule has 3 aliphatic heterocycles. The smallest absolute Gasteiger partial charge is 0.334 e. The molecule has 0 aliphatic carbocycles. The van der Waals surface area contributed by atoms with Gasteiger partial charge in [-0.2, -0.15) is 11.8 Å². The number of fused-ring (bicyclic) bond motifs is 1. The van der Waals surface area contributed by atoms with Crippen LogP contribution in [-0.2, 0) is 47.8 Å². The number of hydroxylamine groups is 2. The largest absolute Gasteiger partial charge is 0.379 e. The highest BCUT2D eigenvalue weighted by molar-refractivity contribution is 8.76. The summed E-state index contributed by atoms with van der Waals surface area (Å²) in [6.07, 6.45) is 3.71. The number of nitrogens with one attached hydrogen (secondary N) is 4. The number of unbranched alkanes of at least 4 members (excludes halogenated alkanes) is 1. The molecular formula is C30H49N5O11S3. The number of urea groups is 1. The maximum atomic E-state index is 12.0. The standard InChI is InChI=1S/C30H49N5O11S3/c36-24(4-2-1-3-23-29-22(21-47-23)33-30(41)34-29)31-9-12-43-14-16-45-18-17-44-15-13-42-11-7-25(37)32-10-20-49-48-19-8-28(40)46-35-26(38)5-6-27(35)39/h22-23,29H,1-21H2,(H,31,36)(H,32,37)(H2,33,34,41)/t22-,23?,29+/m1/s1. The van der Waals surface area contributed by atoms with Crippen LogP contribution in [0.5, 0.6) is 0 Å². The van der Waals surface area contributed by atoms with Gasteiger partial charge in [0.05, 0.1) is 71.4 Å². The number of ether oxygens (including phenoxy) is 4. The summed E-state index contributed by atoms with van der Waals surface area (Å²) in [5.41, 5.74) is 0. The topological polar surface area (TPSA) is 200 Å². The number of imide groups is 1. The number of carbonyl (C=O) groups excluding carboxylic acids is 6. The normalized spacial score (nSPS) is 19.9. The number of thioether (sulfide) groups is 1. The molecule has 16 nitrogen and oxygen atoms in total. The number of carbonyl (C=O) groups is 6. The minimum Gasteiger partial charge on any atom is -0.379 e. The molecule has 0 aromatic heterocycles. The third-order valence-corrected chi connectivity index (χ3v) is 11.3. The number of nitrogens with zero attached hydrogens (tertiary/aromatic N) is 1. The van der Waals surface area contributed by atoms with Crippen LogP contribution in [0.4, 0.5) is 4.79 Å². The number of hydrogen-bond donors (Lipinski definition) is 4. The van der Waals surface area contributed by atoms with Crippen LogP contribution in [0.15, 0.2) is 0 Å². The Balaban J connectivity index is 0.968. The Hall–Kier alpha value is -2.29. The van der Waals surface area contributed by atoms with Crippen molar-refractivity contribution in [2.45, 2.75) is 68.7 Å². The summed E-state index contributed by atoms with van der Waals surface area (Å²) in [5.74, 6) is 0.344. The van der Waals surface area contributed by atoms with E-state index in [2.05, 4.69) is 21.3 Å². The Labute approximate surface area is 299 Å². The van der Waals surface area contributed by atoms with Gasteiger partial charge >= 0.3 is 12.0 Å². The Bertz CT molecular complexity index is 1060. The second-order valence-corrected chi connectivity index (χ2v) is 15.2. The fraction of sp³-hybridized carbons (Fsp3) is 0.800. The summed E-state index contributed by atoms with van der Waals surface area (Å²) >= 11 is 1.89. The molecule has 3 rings (SSSR count). The molecule has 3 aliphatic rings. The molecule has 278 valence electrons. The molecule has 3 atom stereocenters. The Morgan fingerprint density at radius 2 is 1.35 bits per heavy atom. The number of rotatable bonds is 28. The maximum absolute atomic E-state index is 12.0. The van der Waals surface area contributed by atoms with Crippen LogP contribution in [0.2, 0.25) is 0 Å². The third kappa shape index (κ3) is 17.5. The Morgan fingerprint density at radius 3 is 2.06 bits per heavy atom. The molecule has 6 amide bonds. The van der Waals surface area contributed by atoms with E-state index in [1.807, 2.05) is 11.8 Å². The van der Waals surface area contributed by atoms with E-state index in [-0.39, 0.29) is 62.2 Å². The first-order valence-corrected chi connectivity index (χ1v) is 20.2. The average Bonchev–Trinajstić information content (AvgIpc) is 3.74. The molecule has 0 aromatic rings. The molecule has 49 heavy (non-hydrogen) atoms. The van der Waals surface area contributed by atoms with E-state index in [1.54, 1.807) is 0 Å². The van der Waals surface area contributed by atoms with Gasteiger partial charge in [0.2, 0.25) is 11.8 Å². The predicted octanol–water partition coefficient (Wildman–Crippen LogP) is 0.780. The van der Waals surface area contributed by atoms with E-state index in [0.717, 1.165) is 25.0 Å². The summed E-state index contributed by atoms with van der Waals surface area (Å²) in [5, 5.41) is 12.6. The molecule has 0 saturated carbocycles. The molecule has 1 unspecified atom stereocenters. The quantitative estimate of drug-likeness (QED) is 0.0379. The van der Waals surface area contributed by atoms with E-state index >= 15 is 0 Å². The van der Waals surface area contributed by atoms with E-state index in [0.29, 0.717) is 87.6 Å². The first-order chi connectivity index (χ1) is 23.8. The summed E-state index contributed by atoms with van der Waals surface area (Å²) in [6, 6.07) is 0.370. The van der Waals surface area contributed by atoms with E-state index in [9.17, 15) is 28.8 Å².